The quantitative estimate of drug-likeness (QED) is 0.824. The third kappa shape index (κ3) is 2.77. The number of nitrogens with zero attached hydrogens (tertiary/aromatic N) is 2. The van der Waals surface area contributed by atoms with Gasteiger partial charge in [-0.2, -0.15) is 0 Å². The van der Waals surface area contributed by atoms with Crippen LogP contribution in [0.25, 0.3) is 0 Å². The van der Waals surface area contributed by atoms with Crippen molar-refractivity contribution >= 4 is 11.8 Å². The number of carbonyl (C=O) groups excluding carboxylic acids is 2. The van der Waals surface area contributed by atoms with Gasteiger partial charge < -0.3 is 14.8 Å². The van der Waals surface area contributed by atoms with Gasteiger partial charge in [0.2, 0.25) is 5.91 Å². The van der Waals surface area contributed by atoms with Crippen molar-refractivity contribution in [1.29, 1.82) is 0 Å². The number of hydrogen-bond donors (Lipinski definition) is 1. The Kier molecular flexibility index (Phi) is 4.00. The van der Waals surface area contributed by atoms with Crippen molar-refractivity contribution in [3.05, 3.63) is 33.2 Å². The van der Waals surface area contributed by atoms with Gasteiger partial charge in [-0.25, -0.2) is 0 Å². The summed E-state index contributed by atoms with van der Waals surface area (Å²) in [5, 5.41) is 0. The average Bonchev–Trinajstić information content (AvgIpc) is 2.79. The van der Waals surface area contributed by atoms with Gasteiger partial charge in [-0.3, -0.25) is 14.4 Å². The molecule has 0 aromatic carbocycles. The number of rotatable bonds is 1. The lowest BCUT2D eigenvalue weighted by molar-refractivity contribution is -0.128. The first kappa shape index (κ1) is 14.8. The van der Waals surface area contributed by atoms with Gasteiger partial charge in [0.05, 0.1) is 0 Å². The number of carbonyl (C=O) groups is 2. The molecule has 1 aromatic heterocycles. The molecule has 1 N–H and O–H groups in total. The lowest BCUT2D eigenvalue weighted by Crippen LogP contribution is -2.38. The summed E-state index contributed by atoms with van der Waals surface area (Å²) >= 11 is 0. The maximum Gasteiger partial charge on any atom is 0.261 e. The highest BCUT2D eigenvalue weighted by Crippen LogP contribution is 2.19. The number of fused-ring (bicyclic) bond motifs is 1. The zero-order valence-corrected chi connectivity index (χ0v) is 12.9. The SMILES string of the molecule is CC(=O)N1CCCN(C(=O)c2cc3c([nH]c2=O)CCC3)CC1. The number of H-pyrrole nitrogens is 1. The molecule has 1 aliphatic heterocycles. The summed E-state index contributed by atoms with van der Waals surface area (Å²) in [6.45, 7) is 3.81. The van der Waals surface area contributed by atoms with Crippen molar-refractivity contribution in [2.75, 3.05) is 26.2 Å². The maximum atomic E-state index is 12.7. The molecule has 2 aliphatic rings. The molecule has 6 heteroatoms. The van der Waals surface area contributed by atoms with E-state index in [9.17, 15) is 14.4 Å². The first-order valence-electron chi connectivity index (χ1n) is 7.86. The molecule has 3 rings (SSSR count). The minimum Gasteiger partial charge on any atom is -0.341 e. The van der Waals surface area contributed by atoms with E-state index in [2.05, 4.69) is 4.98 Å². The van der Waals surface area contributed by atoms with Crippen LogP contribution < -0.4 is 5.56 Å². The van der Waals surface area contributed by atoms with Crippen LogP contribution >= 0.6 is 0 Å². The van der Waals surface area contributed by atoms with Gasteiger partial charge in [-0.05, 0) is 37.3 Å². The number of nitrogens with one attached hydrogen (secondary N) is 1. The molecule has 1 fully saturated rings. The molecular formula is C16H21N3O3. The fourth-order valence-corrected chi connectivity index (χ4v) is 3.28. The Labute approximate surface area is 129 Å². The third-order valence-corrected chi connectivity index (χ3v) is 4.55. The fraction of sp³-hybridized carbons (Fsp3) is 0.562. The van der Waals surface area contributed by atoms with Crippen molar-refractivity contribution in [3.8, 4) is 0 Å². The van der Waals surface area contributed by atoms with Crippen LogP contribution in [-0.4, -0.2) is 52.8 Å². The van der Waals surface area contributed by atoms with Crippen LogP contribution in [0.1, 0.15) is 41.4 Å². The van der Waals surface area contributed by atoms with Gasteiger partial charge in [0.25, 0.3) is 11.5 Å². The molecule has 0 radical (unpaired) electrons. The molecule has 0 spiro atoms. The number of aromatic amines is 1. The monoisotopic (exact) mass is 303 g/mol. The van der Waals surface area contributed by atoms with Crippen molar-refractivity contribution in [2.45, 2.75) is 32.6 Å². The normalized spacial score (nSPS) is 18.0. The Hall–Kier alpha value is -2.11. The van der Waals surface area contributed by atoms with E-state index in [1.807, 2.05) is 0 Å². The number of hydrogen-bond acceptors (Lipinski definition) is 3. The van der Waals surface area contributed by atoms with E-state index in [0.717, 1.165) is 36.9 Å². The predicted octanol–water partition coefficient (Wildman–Crippen LogP) is 0.558. The molecule has 118 valence electrons. The summed E-state index contributed by atoms with van der Waals surface area (Å²) in [6, 6.07) is 1.76. The molecule has 2 amide bonds. The third-order valence-electron chi connectivity index (χ3n) is 4.55. The molecule has 6 nitrogen and oxygen atoms in total. The Morgan fingerprint density at radius 2 is 1.77 bits per heavy atom. The van der Waals surface area contributed by atoms with Crippen molar-refractivity contribution in [1.82, 2.24) is 14.8 Å². The Balaban J connectivity index is 1.79. The number of aromatic nitrogens is 1. The van der Waals surface area contributed by atoms with E-state index in [0.29, 0.717) is 26.2 Å². The van der Waals surface area contributed by atoms with Crippen LogP contribution in [0.3, 0.4) is 0 Å². The fourth-order valence-electron chi connectivity index (χ4n) is 3.28. The van der Waals surface area contributed by atoms with Gasteiger partial charge in [0.15, 0.2) is 0 Å². The largest absolute Gasteiger partial charge is 0.341 e. The van der Waals surface area contributed by atoms with Crippen LogP contribution in [0.4, 0.5) is 0 Å². The van der Waals surface area contributed by atoms with E-state index in [4.69, 9.17) is 0 Å². The lowest BCUT2D eigenvalue weighted by Gasteiger charge is -2.21. The molecule has 2 heterocycles. The maximum absolute atomic E-state index is 12.7. The standard InChI is InChI=1S/C16H21N3O3/c1-11(20)18-6-3-7-19(9-8-18)16(22)13-10-12-4-2-5-14(12)17-15(13)21/h10H,2-9H2,1H3,(H,17,21). The van der Waals surface area contributed by atoms with Crippen LogP contribution in [-0.2, 0) is 17.6 Å². The summed E-state index contributed by atoms with van der Waals surface area (Å²) in [5.74, 6) is -0.189. The van der Waals surface area contributed by atoms with Crippen LogP contribution in [0.5, 0.6) is 0 Å². The molecule has 0 unspecified atom stereocenters. The molecule has 22 heavy (non-hydrogen) atoms. The smallest absolute Gasteiger partial charge is 0.261 e. The van der Waals surface area contributed by atoms with Gasteiger partial charge in [-0.15, -0.1) is 0 Å². The zero-order valence-electron chi connectivity index (χ0n) is 12.9. The number of pyridine rings is 1. The minimum absolute atomic E-state index is 0.0321. The van der Waals surface area contributed by atoms with Crippen molar-refractivity contribution in [2.24, 2.45) is 0 Å². The van der Waals surface area contributed by atoms with Crippen LogP contribution in [0.15, 0.2) is 10.9 Å². The average molecular weight is 303 g/mol. The summed E-state index contributed by atoms with van der Waals surface area (Å²) < 4.78 is 0. The summed E-state index contributed by atoms with van der Waals surface area (Å²) in [6.07, 6.45) is 3.58. The summed E-state index contributed by atoms with van der Waals surface area (Å²) in [5.41, 5.74) is 2.00. The van der Waals surface area contributed by atoms with Gasteiger partial charge in [0.1, 0.15) is 5.56 Å². The highest BCUT2D eigenvalue weighted by atomic mass is 16.2. The predicted molar refractivity (Wildman–Crippen MR) is 81.9 cm³/mol. The van der Waals surface area contributed by atoms with E-state index < -0.39 is 0 Å². The molecule has 1 aliphatic carbocycles. The molecule has 0 saturated carbocycles. The van der Waals surface area contributed by atoms with Crippen molar-refractivity contribution < 1.29 is 9.59 Å². The van der Waals surface area contributed by atoms with E-state index >= 15 is 0 Å². The van der Waals surface area contributed by atoms with E-state index in [-0.39, 0.29) is 22.9 Å². The summed E-state index contributed by atoms with van der Waals surface area (Å²) in [7, 11) is 0. The molecule has 1 aromatic rings. The highest BCUT2D eigenvalue weighted by molar-refractivity contribution is 5.94. The van der Waals surface area contributed by atoms with Gasteiger partial charge in [-0.1, -0.05) is 0 Å². The van der Waals surface area contributed by atoms with Gasteiger partial charge >= 0.3 is 0 Å². The van der Waals surface area contributed by atoms with Gasteiger partial charge in [0, 0.05) is 38.8 Å². The Morgan fingerprint density at radius 3 is 2.55 bits per heavy atom. The Morgan fingerprint density at radius 1 is 1.05 bits per heavy atom. The van der Waals surface area contributed by atoms with E-state index in [1.165, 1.54) is 0 Å². The second-order valence-electron chi connectivity index (χ2n) is 6.02. The second kappa shape index (κ2) is 5.94. The first-order valence-corrected chi connectivity index (χ1v) is 7.86. The number of aryl methyl sites for hydroxylation is 2. The lowest BCUT2D eigenvalue weighted by atomic mass is 10.1. The van der Waals surface area contributed by atoms with E-state index in [1.54, 1.807) is 22.8 Å². The molecule has 1 saturated heterocycles. The molecule has 0 bridgehead atoms. The highest BCUT2D eigenvalue weighted by Gasteiger charge is 2.24. The van der Waals surface area contributed by atoms with Crippen LogP contribution in [0, 0.1) is 0 Å². The van der Waals surface area contributed by atoms with Crippen molar-refractivity contribution in [3.63, 3.8) is 0 Å². The minimum atomic E-state index is -0.293. The topological polar surface area (TPSA) is 73.5 Å². The number of amides is 2. The molecular weight excluding hydrogens is 282 g/mol. The zero-order chi connectivity index (χ0) is 15.7. The first-order chi connectivity index (χ1) is 10.6. The Bertz CT molecular complexity index is 665. The van der Waals surface area contributed by atoms with Crippen LogP contribution in [0.2, 0.25) is 0 Å². The molecule has 0 atom stereocenters. The second-order valence-corrected chi connectivity index (χ2v) is 6.02. The summed E-state index contributed by atoms with van der Waals surface area (Å²) in [4.78, 5) is 42.5.